The number of aromatic nitrogens is 2. The van der Waals surface area contributed by atoms with Gasteiger partial charge in [0.1, 0.15) is 5.82 Å². The SMILES string of the molecule is COCCOC1CN(C(=O)Nc2cnc(C(C)(C)C)nc2)C1. The lowest BCUT2D eigenvalue weighted by Crippen LogP contribution is -2.56. The number of urea groups is 1. The van der Waals surface area contributed by atoms with Crippen LogP contribution in [0.5, 0.6) is 0 Å². The predicted molar refractivity (Wildman–Crippen MR) is 82.9 cm³/mol. The molecule has 0 spiro atoms. The molecule has 0 aliphatic carbocycles. The van der Waals surface area contributed by atoms with Crippen LogP contribution < -0.4 is 5.32 Å². The first-order valence-electron chi connectivity index (χ1n) is 7.39. The van der Waals surface area contributed by atoms with Crippen LogP contribution in [-0.4, -0.2) is 60.4 Å². The highest BCUT2D eigenvalue weighted by molar-refractivity contribution is 5.89. The maximum atomic E-state index is 12.0. The molecule has 0 atom stereocenters. The lowest BCUT2D eigenvalue weighted by atomic mass is 9.96. The quantitative estimate of drug-likeness (QED) is 0.837. The summed E-state index contributed by atoms with van der Waals surface area (Å²) >= 11 is 0. The van der Waals surface area contributed by atoms with Crippen molar-refractivity contribution in [2.24, 2.45) is 0 Å². The molecule has 0 saturated carbocycles. The van der Waals surface area contributed by atoms with Crippen LogP contribution in [0.3, 0.4) is 0 Å². The zero-order valence-electron chi connectivity index (χ0n) is 13.6. The van der Waals surface area contributed by atoms with Crippen molar-refractivity contribution in [3.63, 3.8) is 0 Å². The summed E-state index contributed by atoms with van der Waals surface area (Å²) in [5.41, 5.74) is 0.494. The fraction of sp³-hybridized carbons (Fsp3) is 0.667. The third-order valence-corrected chi connectivity index (χ3v) is 3.35. The molecule has 1 fully saturated rings. The van der Waals surface area contributed by atoms with Crippen molar-refractivity contribution in [1.29, 1.82) is 0 Å². The third kappa shape index (κ3) is 4.38. The molecule has 1 aromatic heterocycles. The molecule has 1 aliphatic rings. The Balaban J connectivity index is 1.76. The number of methoxy groups -OCH3 is 1. The Morgan fingerprint density at radius 3 is 2.50 bits per heavy atom. The van der Waals surface area contributed by atoms with Gasteiger partial charge in [0.15, 0.2) is 0 Å². The smallest absolute Gasteiger partial charge is 0.322 e. The largest absolute Gasteiger partial charge is 0.382 e. The predicted octanol–water partition coefficient (Wildman–Crippen LogP) is 1.65. The second kappa shape index (κ2) is 7.02. The maximum Gasteiger partial charge on any atom is 0.322 e. The molecule has 0 radical (unpaired) electrons. The van der Waals surface area contributed by atoms with Crippen LogP contribution in [0.4, 0.5) is 10.5 Å². The summed E-state index contributed by atoms with van der Waals surface area (Å²) in [4.78, 5) is 22.3. The van der Waals surface area contributed by atoms with E-state index in [-0.39, 0.29) is 17.6 Å². The van der Waals surface area contributed by atoms with Crippen molar-refractivity contribution in [2.75, 3.05) is 38.7 Å². The highest BCUT2D eigenvalue weighted by atomic mass is 16.5. The third-order valence-electron chi connectivity index (χ3n) is 3.35. The lowest BCUT2D eigenvalue weighted by molar-refractivity contribution is -0.0486. The van der Waals surface area contributed by atoms with Gasteiger partial charge in [-0.25, -0.2) is 14.8 Å². The molecular weight excluding hydrogens is 284 g/mol. The van der Waals surface area contributed by atoms with E-state index in [1.165, 1.54) is 0 Å². The Labute approximate surface area is 131 Å². The molecule has 2 heterocycles. The Hall–Kier alpha value is -1.73. The van der Waals surface area contributed by atoms with Gasteiger partial charge in [-0.2, -0.15) is 0 Å². The number of amides is 2. The van der Waals surface area contributed by atoms with E-state index in [9.17, 15) is 4.79 Å². The summed E-state index contributed by atoms with van der Waals surface area (Å²) in [6.45, 7) is 8.45. The molecule has 7 heteroatoms. The van der Waals surface area contributed by atoms with E-state index in [0.717, 1.165) is 5.82 Å². The number of carbonyl (C=O) groups is 1. The van der Waals surface area contributed by atoms with Gasteiger partial charge in [0, 0.05) is 12.5 Å². The van der Waals surface area contributed by atoms with Gasteiger partial charge in [0.25, 0.3) is 0 Å². The van der Waals surface area contributed by atoms with E-state index < -0.39 is 0 Å². The molecule has 1 N–H and O–H groups in total. The van der Waals surface area contributed by atoms with Gasteiger partial charge in [0.2, 0.25) is 0 Å². The van der Waals surface area contributed by atoms with Crippen LogP contribution in [0.2, 0.25) is 0 Å². The van der Waals surface area contributed by atoms with E-state index in [1.807, 2.05) is 20.8 Å². The van der Waals surface area contributed by atoms with E-state index in [4.69, 9.17) is 9.47 Å². The first kappa shape index (κ1) is 16.6. The van der Waals surface area contributed by atoms with E-state index in [1.54, 1.807) is 24.4 Å². The number of nitrogens with zero attached hydrogens (tertiary/aromatic N) is 3. The first-order chi connectivity index (χ1) is 10.4. The van der Waals surface area contributed by atoms with Gasteiger partial charge >= 0.3 is 6.03 Å². The first-order valence-corrected chi connectivity index (χ1v) is 7.39. The highest BCUT2D eigenvalue weighted by Gasteiger charge is 2.31. The summed E-state index contributed by atoms with van der Waals surface area (Å²) in [6.07, 6.45) is 3.37. The van der Waals surface area contributed by atoms with Crippen LogP contribution in [0.25, 0.3) is 0 Å². The summed E-state index contributed by atoms with van der Waals surface area (Å²) in [7, 11) is 1.64. The van der Waals surface area contributed by atoms with Gasteiger partial charge in [-0.3, -0.25) is 0 Å². The minimum absolute atomic E-state index is 0.0976. The summed E-state index contributed by atoms with van der Waals surface area (Å²) in [6, 6.07) is -0.154. The fourth-order valence-electron chi connectivity index (χ4n) is 1.99. The molecule has 7 nitrogen and oxygen atoms in total. The van der Waals surface area contributed by atoms with E-state index >= 15 is 0 Å². The van der Waals surface area contributed by atoms with E-state index in [2.05, 4.69) is 15.3 Å². The van der Waals surface area contributed by atoms with Gasteiger partial charge in [-0.05, 0) is 0 Å². The van der Waals surface area contributed by atoms with Crippen molar-refractivity contribution < 1.29 is 14.3 Å². The number of nitrogens with one attached hydrogen (secondary N) is 1. The average Bonchev–Trinajstić information content (AvgIpc) is 2.40. The molecule has 1 aliphatic heterocycles. The molecular formula is C15H24N4O3. The van der Waals surface area contributed by atoms with Crippen LogP contribution in [0, 0.1) is 0 Å². The van der Waals surface area contributed by atoms with Crippen molar-refractivity contribution in [3.8, 4) is 0 Å². The zero-order chi connectivity index (χ0) is 16.2. The molecule has 1 saturated heterocycles. The summed E-state index contributed by atoms with van der Waals surface area (Å²) in [5.74, 6) is 0.751. The van der Waals surface area contributed by atoms with Gasteiger partial charge < -0.3 is 19.7 Å². The van der Waals surface area contributed by atoms with Crippen LogP contribution >= 0.6 is 0 Å². The second-order valence-electron chi connectivity index (χ2n) is 6.37. The molecule has 0 unspecified atom stereocenters. The standard InChI is InChI=1S/C15H24N4O3/c1-15(2,3)13-16-7-11(8-17-13)18-14(20)19-9-12(10-19)22-6-5-21-4/h7-8,12H,5-6,9-10H2,1-4H3,(H,18,20). The Bertz CT molecular complexity index is 493. The number of likely N-dealkylation sites (tertiary alicyclic amines) is 1. The normalized spacial score (nSPS) is 15.5. The number of hydrogen-bond donors (Lipinski definition) is 1. The minimum atomic E-state index is -0.154. The van der Waals surface area contributed by atoms with Gasteiger partial charge in [0.05, 0.1) is 50.5 Å². The number of hydrogen-bond acceptors (Lipinski definition) is 5. The molecule has 0 aromatic carbocycles. The second-order valence-corrected chi connectivity index (χ2v) is 6.37. The molecule has 122 valence electrons. The highest BCUT2D eigenvalue weighted by Crippen LogP contribution is 2.19. The molecule has 1 aromatic rings. The molecule has 2 amide bonds. The Morgan fingerprint density at radius 1 is 1.32 bits per heavy atom. The van der Waals surface area contributed by atoms with Crippen LogP contribution in [-0.2, 0) is 14.9 Å². The van der Waals surface area contributed by atoms with Crippen molar-refractivity contribution in [1.82, 2.24) is 14.9 Å². The minimum Gasteiger partial charge on any atom is -0.382 e. The number of anilines is 1. The zero-order valence-corrected chi connectivity index (χ0v) is 13.6. The lowest BCUT2D eigenvalue weighted by Gasteiger charge is -2.38. The maximum absolute atomic E-state index is 12.0. The number of ether oxygens (including phenoxy) is 2. The Morgan fingerprint density at radius 2 is 1.95 bits per heavy atom. The van der Waals surface area contributed by atoms with Crippen LogP contribution in [0.15, 0.2) is 12.4 Å². The Kier molecular flexibility index (Phi) is 5.31. The van der Waals surface area contributed by atoms with Crippen molar-refractivity contribution >= 4 is 11.7 Å². The number of carbonyl (C=O) groups excluding carboxylic acids is 1. The summed E-state index contributed by atoms with van der Waals surface area (Å²) < 4.78 is 10.4. The van der Waals surface area contributed by atoms with Crippen molar-refractivity contribution in [2.45, 2.75) is 32.3 Å². The van der Waals surface area contributed by atoms with Gasteiger partial charge in [-0.15, -0.1) is 0 Å². The average molecular weight is 308 g/mol. The monoisotopic (exact) mass is 308 g/mol. The van der Waals surface area contributed by atoms with E-state index in [0.29, 0.717) is 32.0 Å². The summed E-state index contributed by atoms with van der Waals surface area (Å²) in [5, 5.41) is 2.79. The fourth-order valence-corrected chi connectivity index (χ4v) is 1.99. The van der Waals surface area contributed by atoms with Gasteiger partial charge in [-0.1, -0.05) is 20.8 Å². The molecule has 2 rings (SSSR count). The topological polar surface area (TPSA) is 76.6 Å². The van der Waals surface area contributed by atoms with Crippen LogP contribution in [0.1, 0.15) is 26.6 Å². The van der Waals surface area contributed by atoms with Crippen molar-refractivity contribution in [3.05, 3.63) is 18.2 Å². The number of rotatable bonds is 5. The molecule has 22 heavy (non-hydrogen) atoms. The molecule has 0 bridgehead atoms.